The number of nitrogens with two attached hydrogens (primary N) is 1. The number of carboxylic acids is 1. The molecule has 2 aromatic rings. The fourth-order valence-corrected chi connectivity index (χ4v) is 3.85. The van der Waals surface area contributed by atoms with Gasteiger partial charge in [-0.1, -0.05) is 42.5 Å². The van der Waals surface area contributed by atoms with E-state index < -0.39 is 48.4 Å². The summed E-state index contributed by atoms with van der Waals surface area (Å²) in [7, 11) is 0. The third kappa shape index (κ3) is 9.96. The number of benzene rings is 2. The smallest absolute Gasteiger partial charge is 0.322 e. The highest BCUT2D eigenvalue weighted by Crippen LogP contribution is 2.11. The van der Waals surface area contributed by atoms with Crippen LogP contribution in [0.2, 0.25) is 0 Å². The molecule has 11 heteroatoms. The summed E-state index contributed by atoms with van der Waals surface area (Å²) in [6.07, 6.45) is 2.52. The number of carboxylic acid groups (broad SMARTS) is 1. The Morgan fingerprint density at radius 3 is 2.08 bits per heavy atom. The molecular weight excluding hydrogens is 484 g/mol. The maximum Gasteiger partial charge on any atom is 0.322 e. The Balaban J connectivity index is 2.10. The van der Waals surface area contributed by atoms with Gasteiger partial charge in [0.25, 0.3) is 0 Å². The first-order chi connectivity index (χ1) is 17.2. The Kier molecular flexibility index (Phi) is 11.7. The van der Waals surface area contributed by atoms with Crippen molar-refractivity contribution in [3.8, 4) is 5.75 Å². The SMILES string of the molecule is CSCCC(NC(=O)C(N)Cc1ccc(O)cc1)C(=O)NC(Cc1ccccc1)C(=O)NCC(=O)O. The Hall–Kier alpha value is -3.57. The number of aliphatic carboxylic acids is 1. The standard InChI is InChI=1S/C25H32N4O6S/c1-36-12-11-20(28-23(33)19(26)13-17-7-9-18(30)10-8-17)25(35)29-21(24(34)27-15-22(31)32)14-16-5-3-2-4-6-16/h2-10,19-21,30H,11-15,26H2,1H3,(H,27,34)(H,28,33)(H,29,35)(H,31,32). The molecule has 0 radical (unpaired) electrons. The fraction of sp³-hybridized carbons (Fsp3) is 0.360. The van der Waals surface area contributed by atoms with Gasteiger partial charge < -0.3 is 31.9 Å². The van der Waals surface area contributed by atoms with E-state index >= 15 is 0 Å². The number of phenols is 1. The lowest BCUT2D eigenvalue weighted by Gasteiger charge is -2.24. The molecule has 10 nitrogen and oxygen atoms in total. The molecule has 7 N–H and O–H groups in total. The number of nitrogens with one attached hydrogen (secondary N) is 3. The lowest BCUT2D eigenvalue weighted by atomic mass is 10.0. The van der Waals surface area contributed by atoms with Crippen LogP contribution in [0.25, 0.3) is 0 Å². The molecule has 0 aliphatic heterocycles. The topological polar surface area (TPSA) is 171 Å². The third-order valence-corrected chi connectivity index (χ3v) is 5.95. The molecule has 2 rings (SSSR count). The van der Waals surface area contributed by atoms with Crippen LogP contribution in [0.1, 0.15) is 17.5 Å². The van der Waals surface area contributed by atoms with Crippen molar-refractivity contribution in [2.24, 2.45) is 5.73 Å². The number of phenolic OH excluding ortho intramolecular Hbond substituents is 1. The highest BCUT2D eigenvalue weighted by atomic mass is 32.2. The van der Waals surface area contributed by atoms with Crippen LogP contribution in [0.5, 0.6) is 5.75 Å². The zero-order valence-electron chi connectivity index (χ0n) is 20.0. The predicted molar refractivity (Wildman–Crippen MR) is 137 cm³/mol. The molecule has 2 aromatic carbocycles. The summed E-state index contributed by atoms with van der Waals surface area (Å²) < 4.78 is 0. The predicted octanol–water partition coefficient (Wildman–Crippen LogP) is 0.428. The van der Waals surface area contributed by atoms with Gasteiger partial charge >= 0.3 is 5.97 Å². The second-order valence-electron chi connectivity index (χ2n) is 8.18. The number of carbonyl (C=O) groups is 4. The van der Waals surface area contributed by atoms with Gasteiger partial charge in [-0.15, -0.1) is 0 Å². The van der Waals surface area contributed by atoms with Gasteiger partial charge in [0.05, 0.1) is 6.04 Å². The average Bonchev–Trinajstić information content (AvgIpc) is 2.86. The van der Waals surface area contributed by atoms with E-state index in [1.54, 1.807) is 36.4 Å². The van der Waals surface area contributed by atoms with Crippen molar-refractivity contribution in [2.75, 3.05) is 18.6 Å². The summed E-state index contributed by atoms with van der Waals surface area (Å²) in [6.45, 7) is -0.585. The van der Waals surface area contributed by atoms with Gasteiger partial charge in [0.1, 0.15) is 24.4 Å². The molecule has 0 fully saturated rings. The molecule has 3 atom stereocenters. The number of amides is 3. The maximum absolute atomic E-state index is 13.1. The highest BCUT2D eigenvalue weighted by molar-refractivity contribution is 7.98. The van der Waals surface area contributed by atoms with Crippen molar-refractivity contribution in [1.29, 1.82) is 0 Å². The molecule has 0 aliphatic rings. The van der Waals surface area contributed by atoms with Crippen LogP contribution in [-0.4, -0.2) is 70.6 Å². The molecule has 0 bridgehead atoms. The summed E-state index contributed by atoms with van der Waals surface area (Å²) in [4.78, 5) is 49.5. The van der Waals surface area contributed by atoms with Crippen LogP contribution in [-0.2, 0) is 32.0 Å². The van der Waals surface area contributed by atoms with E-state index in [0.717, 1.165) is 11.1 Å². The minimum atomic E-state index is -1.21. The average molecular weight is 517 g/mol. The molecule has 0 saturated carbocycles. The maximum atomic E-state index is 13.1. The summed E-state index contributed by atoms with van der Waals surface area (Å²) in [5.41, 5.74) is 7.57. The fourth-order valence-electron chi connectivity index (χ4n) is 3.38. The molecule has 3 unspecified atom stereocenters. The van der Waals surface area contributed by atoms with Crippen LogP contribution in [0, 0.1) is 0 Å². The van der Waals surface area contributed by atoms with E-state index in [4.69, 9.17) is 10.8 Å². The van der Waals surface area contributed by atoms with Crippen LogP contribution in [0.4, 0.5) is 0 Å². The molecule has 0 spiro atoms. The first-order valence-corrected chi connectivity index (χ1v) is 12.8. The van der Waals surface area contributed by atoms with E-state index in [1.165, 1.54) is 23.9 Å². The van der Waals surface area contributed by atoms with Gasteiger partial charge in [0.15, 0.2) is 0 Å². The van der Waals surface area contributed by atoms with E-state index in [2.05, 4.69) is 16.0 Å². The van der Waals surface area contributed by atoms with Crippen LogP contribution in [0.15, 0.2) is 54.6 Å². The van der Waals surface area contributed by atoms with Gasteiger partial charge in [0, 0.05) is 6.42 Å². The van der Waals surface area contributed by atoms with E-state index in [1.807, 2.05) is 12.3 Å². The quantitative estimate of drug-likeness (QED) is 0.210. The summed E-state index contributed by atoms with van der Waals surface area (Å²) >= 11 is 1.50. The lowest BCUT2D eigenvalue weighted by Crippen LogP contribution is -2.56. The second kappa shape index (κ2) is 14.7. The minimum Gasteiger partial charge on any atom is -0.508 e. The largest absolute Gasteiger partial charge is 0.508 e. The number of hydrogen-bond acceptors (Lipinski definition) is 7. The van der Waals surface area contributed by atoms with E-state index in [0.29, 0.717) is 12.2 Å². The van der Waals surface area contributed by atoms with Crippen molar-refractivity contribution >= 4 is 35.5 Å². The summed E-state index contributed by atoms with van der Waals surface area (Å²) in [5, 5.41) is 25.9. The Morgan fingerprint density at radius 1 is 0.861 bits per heavy atom. The molecule has 36 heavy (non-hydrogen) atoms. The third-order valence-electron chi connectivity index (χ3n) is 5.30. The Bertz CT molecular complexity index is 1020. The van der Waals surface area contributed by atoms with Gasteiger partial charge in [-0.3, -0.25) is 19.2 Å². The Morgan fingerprint density at radius 2 is 1.47 bits per heavy atom. The number of rotatable bonds is 14. The van der Waals surface area contributed by atoms with Gasteiger partial charge in [-0.05, 0) is 48.1 Å². The van der Waals surface area contributed by atoms with Crippen molar-refractivity contribution in [3.05, 3.63) is 65.7 Å². The minimum absolute atomic E-state index is 0.100. The number of aromatic hydroxyl groups is 1. The normalized spacial score (nSPS) is 13.2. The summed E-state index contributed by atoms with van der Waals surface area (Å²) in [5.74, 6) is -2.28. The molecule has 0 heterocycles. The molecule has 0 aromatic heterocycles. The first kappa shape index (κ1) is 28.7. The number of hydrogen-bond donors (Lipinski definition) is 6. The zero-order valence-corrected chi connectivity index (χ0v) is 20.8. The lowest BCUT2D eigenvalue weighted by molar-refractivity contribution is -0.138. The second-order valence-corrected chi connectivity index (χ2v) is 9.17. The molecular formula is C25H32N4O6S. The van der Waals surface area contributed by atoms with Crippen LogP contribution < -0.4 is 21.7 Å². The van der Waals surface area contributed by atoms with Crippen molar-refractivity contribution in [3.63, 3.8) is 0 Å². The monoisotopic (exact) mass is 516 g/mol. The van der Waals surface area contributed by atoms with Crippen molar-refractivity contribution in [1.82, 2.24) is 16.0 Å². The van der Waals surface area contributed by atoms with Crippen LogP contribution >= 0.6 is 11.8 Å². The number of thioether (sulfide) groups is 1. The molecule has 3 amide bonds. The highest BCUT2D eigenvalue weighted by Gasteiger charge is 2.28. The van der Waals surface area contributed by atoms with Gasteiger partial charge in [-0.2, -0.15) is 11.8 Å². The van der Waals surface area contributed by atoms with E-state index in [9.17, 15) is 24.3 Å². The van der Waals surface area contributed by atoms with Crippen LogP contribution in [0.3, 0.4) is 0 Å². The van der Waals surface area contributed by atoms with Gasteiger partial charge in [0.2, 0.25) is 17.7 Å². The number of carbonyl (C=O) groups excluding carboxylic acids is 3. The zero-order chi connectivity index (χ0) is 26.5. The van der Waals surface area contributed by atoms with Crippen molar-refractivity contribution < 1.29 is 29.4 Å². The molecule has 0 saturated heterocycles. The molecule has 194 valence electrons. The first-order valence-electron chi connectivity index (χ1n) is 11.4. The summed E-state index contributed by atoms with van der Waals surface area (Å²) in [6, 6.07) is 12.4. The van der Waals surface area contributed by atoms with Crippen molar-refractivity contribution in [2.45, 2.75) is 37.4 Å². The van der Waals surface area contributed by atoms with E-state index in [-0.39, 0.29) is 18.6 Å². The Labute approximate surface area is 214 Å². The van der Waals surface area contributed by atoms with Gasteiger partial charge in [-0.25, -0.2) is 0 Å². The molecule has 0 aliphatic carbocycles.